The standard InChI is InChI=1S/C10H19N5O2S/c1-4-8-14-9(11-2)7-10(15-8)13-5-6-18(16,17)12-3/h7,12H,4-6H2,1-3H3,(H2,11,13,14,15). The Labute approximate surface area is 107 Å². The lowest BCUT2D eigenvalue weighted by Crippen LogP contribution is -2.26. The zero-order valence-corrected chi connectivity index (χ0v) is 11.6. The number of hydrogen-bond acceptors (Lipinski definition) is 6. The van der Waals surface area contributed by atoms with Gasteiger partial charge in [0.15, 0.2) is 0 Å². The Kier molecular flexibility index (Phi) is 5.29. The summed E-state index contributed by atoms with van der Waals surface area (Å²) in [5, 5.41) is 5.91. The summed E-state index contributed by atoms with van der Waals surface area (Å²) < 4.78 is 24.7. The molecule has 0 aromatic carbocycles. The summed E-state index contributed by atoms with van der Waals surface area (Å²) in [6.07, 6.45) is 0.721. The number of aryl methyl sites for hydroxylation is 1. The molecule has 1 aromatic rings. The number of hydrogen-bond donors (Lipinski definition) is 3. The van der Waals surface area contributed by atoms with Gasteiger partial charge < -0.3 is 10.6 Å². The highest BCUT2D eigenvalue weighted by atomic mass is 32.2. The van der Waals surface area contributed by atoms with E-state index < -0.39 is 10.0 Å². The van der Waals surface area contributed by atoms with Crippen LogP contribution in [0.4, 0.5) is 11.6 Å². The number of anilines is 2. The van der Waals surface area contributed by atoms with Gasteiger partial charge in [-0.05, 0) is 7.05 Å². The van der Waals surface area contributed by atoms with Crippen LogP contribution in [-0.2, 0) is 16.4 Å². The van der Waals surface area contributed by atoms with Gasteiger partial charge in [0.2, 0.25) is 10.0 Å². The number of nitrogens with one attached hydrogen (secondary N) is 3. The third-order valence-electron chi connectivity index (χ3n) is 2.33. The molecule has 0 atom stereocenters. The van der Waals surface area contributed by atoms with Crippen LogP contribution >= 0.6 is 0 Å². The van der Waals surface area contributed by atoms with Crippen molar-refractivity contribution < 1.29 is 8.42 Å². The fraction of sp³-hybridized carbons (Fsp3) is 0.600. The molecule has 0 aliphatic carbocycles. The van der Waals surface area contributed by atoms with Gasteiger partial charge in [0.1, 0.15) is 17.5 Å². The van der Waals surface area contributed by atoms with Gasteiger partial charge in [0.25, 0.3) is 0 Å². The van der Waals surface area contributed by atoms with Gasteiger partial charge >= 0.3 is 0 Å². The minimum Gasteiger partial charge on any atom is -0.373 e. The van der Waals surface area contributed by atoms with Gasteiger partial charge in [-0.2, -0.15) is 0 Å². The van der Waals surface area contributed by atoms with Gasteiger partial charge in [-0.1, -0.05) is 6.92 Å². The summed E-state index contributed by atoms with van der Waals surface area (Å²) in [4.78, 5) is 8.52. The van der Waals surface area contributed by atoms with E-state index >= 15 is 0 Å². The van der Waals surface area contributed by atoms with Crippen molar-refractivity contribution in [1.29, 1.82) is 0 Å². The van der Waals surface area contributed by atoms with Gasteiger partial charge in [-0.15, -0.1) is 0 Å². The first-order valence-electron chi connectivity index (χ1n) is 5.71. The van der Waals surface area contributed by atoms with E-state index in [0.29, 0.717) is 24.0 Å². The number of sulfonamides is 1. The highest BCUT2D eigenvalue weighted by Gasteiger charge is 2.07. The molecule has 3 N–H and O–H groups in total. The maximum Gasteiger partial charge on any atom is 0.213 e. The summed E-state index contributed by atoms with van der Waals surface area (Å²) in [7, 11) is -0.0206. The largest absolute Gasteiger partial charge is 0.373 e. The van der Waals surface area contributed by atoms with E-state index in [1.807, 2.05) is 6.92 Å². The molecule has 7 nitrogen and oxygen atoms in total. The van der Waals surface area contributed by atoms with Crippen molar-refractivity contribution in [2.45, 2.75) is 13.3 Å². The van der Waals surface area contributed by atoms with Gasteiger partial charge in [0.05, 0.1) is 5.75 Å². The summed E-state index contributed by atoms with van der Waals surface area (Å²) in [6, 6.07) is 1.74. The third-order valence-corrected chi connectivity index (χ3v) is 3.70. The highest BCUT2D eigenvalue weighted by Crippen LogP contribution is 2.10. The average Bonchev–Trinajstić information content (AvgIpc) is 2.38. The van der Waals surface area contributed by atoms with Crippen LogP contribution in [-0.4, -0.2) is 44.8 Å². The van der Waals surface area contributed by atoms with E-state index in [0.717, 1.165) is 6.42 Å². The van der Waals surface area contributed by atoms with Crippen molar-refractivity contribution in [1.82, 2.24) is 14.7 Å². The predicted molar refractivity (Wildman–Crippen MR) is 72.3 cm³/mol. The summed E-state index contributed by atoms with van der Waals surface area (Å²) in [6.45, 7) is 2.26. The molecule has 1 heterocycles. The lowest BCUT2D eigenvalue weighted by Gasteiger charge is -2.09. The summed E-state index contributed by atoms with van der Waals surface area (Å²) in [5.74, 6) is 2.04. The maximum atomic E-state index is 11.2. The van der Waals surface area contributed by atoms with Crippen LogP contribution in [0.2, 0.25) is 0 Å². The Morgan fingerprint density at radius 2 is 1.89 bits per heavy atom. The van der Waals surface area contributed by atoms with Crippen LogP contribution in [0.3, 0.4) is 0 Å². The quantitative estimate of drug-likeness (QED) is 0.649. The molecule has 102 valence electrons. The fourth-order valence-corrected chi connectivity index (χ4v) is 1.86. The van der Waals surface area contributed by atoms with E-state index in [1.165, 1.54) is 7.05 Å². The van der Waals surface area contributed by atoms with Crippen molar-refractivity contribution in [3.05, 3.63) is 11.9 Å². The van der Waals surface area contributed by atoms with E-state index in [-0.39, 0.29) is 5.75 Å². The second-order valence-corrected chi connectivity index (χ2v) is 5.65. The van der Waals surface area contributed by atoms with Crippen LogP contribution < -0.4 is 15.4 Å². The first kappa shape index (κ1) is 14.7. The number of nitrogens with zero attached hydrogens (tertiary/aromatic N) is 2. The van der Waals surface area contributed by atoms with Crippen molar-refractivity contribution in [2.75, 3.05) is 37.0 Å². The zero-order chi connectivity index (χ0) is 13.6. The monoisotopic (exact) mass is 273 g/mol. The lowest BCUT2D eigenvalue weighted by atomic mass is 10.4. The molecule has 8 heteroatoms. The third kappa shape index (κ3) is 4.46. The first-order chi connectivity index (χ1) is 8.50. The van der Waals surface area contributed by atoms with Crippen molar-refractivity contribution >= 4 is 21.7 Å². The molecule has 1 rings (SSSR count). The molecule has 0 unspecified atom stereocenters. The Balaban J connectivity index is 2.67. The Bertz CT molecular complexity index is 467. The van der Waals surface area contributed by atoms with Crippen molar-refractivity contribution in [3.63, 3.8) is 0 Å². The van der Waals surface area contributed by atoms with Gasteiger partial charge in [-0.3, -0.25) is 0 Å². The normalized spacial score (nSPS) is 11.3. The van der Waals surface area contributed by atoms with E-state index in [4.69, 9.17) is 0 Å². The first-order valence-corrected chi connectivity index (χ1v) is 7.36. The van der Waals surface area contributed by atoms with Gasteiger partial charge in [0, 0.05) is 26.1 Å². The topological polar surface area (TPSA) is 96.0 Å². The average molecular weight is 273 g/mol. The molecule has 0 aliphatic heterocycles. The van der Waals surface area contributed by atoms with Crippen LogP contribution in [0.1, 0.15) is 12.7 Å². The van der Waals surface area contributed by atoms with Crippen LogP contribution in [0, 0.1) is 0 Å². The molecule has 0 bridgehead atoms. The van der Waals surface area contributed by atoms with Gasteiger partial charge in [-0.25, -0.2) is 23.1 Å². The SMILES string of the molecule is CCc1nc(NC)cc(NCCS(=O)(=O)NC)n1. The highest BCUT2D eigenvalue weighted by molar-refractivity contribution is 7.89. The van der Waals surface area contributed by atoms with Crippen LogP contribution in [0.5, 0.6) is 0 Å². The molecule has 0 fully saturated rings. The van der Waals surface area contributed by atoms with Crippen molar-refractivity contribution in [2.24, 2.45) is 0 Å². The number of aromatic nitrogens is 2. The van der Waals surface area contributed by atoms with E-state index in [9.17, 15) is 8.42 Å². The molecule has 0 spiro atoms. The molecule has 1 aromatic heterocycles. The molecule has 0 saturated carbocycles. The number of rotatable bonds is 7. The second kappa shape index (κ2) is 6.50. The summed E-state index contributed by atoms with van der Waals surface area (Å²) >= 11 is 0. The second-order valence-electron chi connectivity index (χ2n) is 3.61. The Morgan fingerprint density at radius 3 is 2.44 bits per heavy atom. The minimum atomic E-state index is -3.19. The Morgan fingerprint density at radius 1 is 1.22 bits per heavy atom. The molecule has 0 saturated heterocycles. The van der Waals surface area contributed by atoms with Crippen LogP contribution in [0.25, 0.3) is 0 Å². The van der Waals surface area contributed by atoms with E-state index in [2.05, 4.69) is 25.3 Å². The molecule has 0 aliphatic rings. The Hall–Kier alpha value is -1.41. The molecular weight excluding hydrogens is 254 g/mol. The van der Waals surface area contributed by atoms with Crippen molar-refractivity contribution in [3.8, 4) is 0 Å². The summed E-state index contributed by atoms with van der Waals surface area (Å²) in [5.41, 5.74) is 0. The lowest BCUT2D eigenvalue weighted by molar-refractivity contribution is 0.588. The fourth-order valence-electron chi connectivity index (χ4n) is 1.29. The zero-order valence-electron chi connectivity index (χ0n) is 10.8. The smallest absolute Gasteiger partial charge is 0.213 e. The predicted octanol–water partition coefficient (Wildman–Crippen LogP) is 0.0418. The molecular formula is C10H19N5O2S. The van der Waals surface area contributed by atoms with E-state index in [1.54, 1.807) is 13.1 Å². The molecule has 18 heavy (non-hydrogen) atoms. The minimum absolute atomic E-state index is 0.00382. The molecule has 0 radical (unpaired) electrons. The van der Waals surface area contributed by atoms with Crippen LogP contribution in [0.15, 0.2) is 6.07 Å². The molecule has 0 amide bonds. The maximum absolute atomic E-state index is 11.2.